The van der Waals surface area contributed by atoms with Crippen molar-refractivity contribution >= 4 is 11.5 Å². The van der Waals surface area contributed by atoms with Crippen molar-refractivity contribution in [2.45, 2.75) is 13.3 Å². The zero-order chi connectivity index (χ0) is 15.2. The molecule has 0 aromatic heterocycles. The molecule has 2 N–H and O–H groups in total. The first-order valence-electron chi connectivity index (χ1n) is 6.92. The van der Waals surface area contributed by atoms with Gasteiger partial charge in [0.05, 0.1) is 12.7 Å². The predicted molar refractivity (Wildman–Crippen MR) is 83.3 cm³/mol. The van der Waals surface area contributed by atoms with E-state index in [9.17, 15) is 9.90 Å². The van der Waals surface area contributed by atoms with Crippen molar-refractivity contribution in [2.24, 2.45) is 0 Å². The van der Waals surface area contributed by atoms with E-state index in [-0.39, 0.29) is 17.1 Å². The molecule has 0 fully saturated rings. The highest BCUT2D eigenvalue weighted by atomic mass is 16.5. The van der Waals surface area contributed by atoms with Gasteiger partial charge < -0.3 is 15.2 Å². The van der Waals surface area contributed by atoms with Gasteiger partial charge >= 0.3 is 0 Å². The summed E-state index contributed by atoms with van der Waals surface area (Å²) in [6.45, 7) is 2.71. The van der Waals surface area contributed by atoms with Crippen molar-refractivity contribution in [1.29, 1.82) is 0 Å². The number of hydrogen-bond acceptors (Lipinski definition) is 4. The monoisotopic (exact) mass is 285 g/mol. The fourth-order valence-corrected chi connectivity index (χ4v) is 2.09. The van der Waals surface area contributed by atoms with Crippen LogP contribution < -0.4 is 10.1 Å². The van der Waals surface area contributed by atoms with Crippen molar-refractivity contribution in [2.75, 3.05) is 19.0 Å². The van der Waals surface area contributed by atoms with E-state index in [1.807, 2.05) is 13.0 Å². The van der Waals surface area contributed by atoms with Crippen molar-refractivity contribution < 1.29 is 14.6 Å². The maximum atomic E-state index is 12.5. The van der Waals surface area contributed by atoms with Gasteiger partial charge in [-0.25, -0.2) is 0 Å². The van der Waals surface area contributed by atoms with Crippen LogP contribution in [0.25, 0.3) is 0 Å². The Balaban J connectivity index is 2.43. The van der Waals surface area contributed by atoms with Crippen LogP contribution in [-0.4, -0.2) is 24.5 Å². The van der Waals surface area contributed by atoms with E-state index in [0.717, 1.165) is 6.42 Å². The standard InChI is InChI=1S/C17H19NO3/c1-3-11-18-15-14(21-2)10-9-13(17(15)20)16(19)12-7-5-4-6-8-12/h4-10,18,20H,3,11H2,1-2H3. The maximum Gasteiger partial charge on any atom is 0.196 e. The largest absolute Gasteiger partial charge is 0.505 e. The molecule has 2 aromatic rings. The van der Waals surface area contributed by atoms with Crippen LogP contribution in [0.2, 0.25) is 0 Å². The van der Waals surface area contributed by atoms with Gasteiger partial charge in [0.2, 0.25) is 0 Å². The zero-order valence-corrected chi connectivity index (χ0v) is 12.2. The van der Waals surface area contributed by atoms with Gasteiger partial charge in [0.15, 0.2) is 11.5 Å². The summed E-state index contributed by atoms with van der Waals surface area (Å²) in [6, 6.07) is 12.2. The predicted octanol–water partition coefficient (Wildman–Crippen LogP) is 3.45. The maximum absolute atomic E-state index is 12.5. The molecule has 0 saturated heterocycles. The summed E-state index contributed by atoms with van der Waals surface area (Å²) in [4.78, 5) is 12.5. The van der Waals surface area contributed by atoms with E-state index in [0.29, 0.717) is 23.5 Å². The van der Waals surface area contributed by atoms with Gasteiger partial charge in [0.1, 0.15) is 11.4 Å². The first kappa shape index (κ1) is 14.9. The molecule has 0 unspecified atom stereocenters. The molecule has 21 heavy (non-hydrogen) atoms. The van der Waals surface area contributed by atoms with Gasteiger partial charge in [0.25, 0.3) is 0 Å². The first-order chi connectivity index (χ1) is 10.2. The van der Waals surface area contributed by atoms with E-state index in [1.54, 1.807) is 36.4 Å². The van der Waals surface area contributed by atoms with Crippen LogP contribution in [0.15, 0.2) is 42.5 Å². The van der Waals surface area contributed by atoms with Crippen molar-refractivity contribution in [3.8, 4) is 11.5 Å². The highest BCUT2D eigenvalue weighted by Gasteiger charge is 2.19. The fourth-order valence-electron chi connectivity index (χ4n) is 2.09. The fraction of sp³-hybridized carbons (Fsp3) is 0.235. The molecule has 0 amide bonds. The third-order valence-electron chi connectivity index (χ3n) is 3.19. The molecule has 0 saturated carbocycles. The number of phenols is 1. The van der Waals surface area contributed by atoms with Gasteiger partial charge in [-0.1, -0.05) is 37.3 Å². The average molecular weight is 285 g/mol. The third kappa shape index (κ3) is 3.16. The zero-order valence-electron chi connectivity index (χ0n) is 12.2. The lowest BCUT2D eigenvalue weighted by Crippen LogP contribution is -2.07. The average Bonchev–Trinajstić information content (AvgIpc) is 2.53. The smallest absolute Gasteiger partial charge is 0.196 e. The Morgan fingerprint density at radius 1 is 1.19 bits per heavy atom. The minimum atomic E-state index is -0.213. The second kappa shape index (κ2) is 6.79. The summed E-state index contributed by atoms with van der Waals surface area (Å²) >= 11 is 0. The number of methoxy groups -OCH3 is 1. The van der Waals surface area contributed by atoms with Crippen LogP contribution in [-0.2, 0) is 0 Å². The molecule has 0 atom stereocenters. The lowest BCUT2D eigenvalue weighted by atomic mass is 10.0. The van der Waals surface area contributed by atoms with Gasteiger partial charge in [-0.15, -0.1) is 0 Å². The van der Waals surface area contributed by atoms with Crippen LogP contribution in [0.5, 0.6) is 11.5 Å². The number of carbonyl (C=O) groups is 1. The number of hydrogen-bond donors (Lipinski definition) is 2. The lowest BCUT2D eigenvalue weighted by molar-refractivity contribution is 0.103. The van der Waals surface area contributed by atoms with Crippen LogP contribution in [0.4, 0.5) is 5.69 Å². The van der Waals surface area contributed by atoms with E-state index in [1.165, 1.54) is 7.11 Å². The molecule has 4 nitrogen and oxygen atoms in total. The molecule has 2 aromatic carbocycles. The quantitative estimate of drug-likeness (QED) is 0.630. The summed E-state index contributed by atoms with van der Waals surface area (Å²) in [5.41, 5.74) is 1.26. The molecular weight excluding hydrogens is 266 g/mol. The van der Waals surface area contributed by atoms with Crippen molar-refractivity contribution in [3.63, 3.8) is 0 Å². The normalized spacial score (nSPS) is 10.2. The Kier molecular flexibility index (Phi) is 4.82. The van der Waals surface area contributed by atoms with E-state index in [2.05, 4.69) is 5.32 Å². The molecule has 0 spiro atoms. The minimum absolute atomic E-state index is 0.0725. The number of ketones is 1. The highest BCUT2D eigenvalue weighted by molar-refractivity contribution is 6.11. The number of carbonyl (C=O) groups excluding carboxylic acids is 1. The lowest BCUT2D eigenvalue weighted by Gasteiger charge is -2.15. The molecule has 0 aliphatic carbocycles. The van der Waals surface area contributed by atoms with Crippen LogP contribution >= 0.6 is 0 Å². The summed E-state index contributed by atoms with van der Waals surface area (Å²) < 4.78 is 5.23. The number of aromatic hydroxyl groups is 1. The molecule has 0 bridgehead atoms. The molecule has 110 valence electrons. The third-order valence-corrected chi connectivity index (χ3v) is 3.19. The summed E-state index contributed by atoms with van der Waals surface area (Å²) in [6.07, 6.45) is 0.902. The SMILES string of the molecule is CCCNc1c(OC)ccc(C(=O)c2ccccc2)c1O. The Hall–Kier alpha value is -2.49. The van der Waals surface area contributed by atoms with Crippen molar-refractivity contribution in [3.05, 3.63) is 53.6 Å². The van der Waals surface area contributed by atoms with E-state index in [4.69, 9.17) is 4.74 Å². The number of ether oxygens (including phenoxy) is 1. The Morgan fingerprint density at radius 3 is 2.52 bits per heavy atom. The highest BCUT2D eigenvalue weighted by Crippen LogP contribution is 2.37. The van der Waals surface area contributed by atoms with Gasteiger partial charge in [-0.2, -0.15) is 0 Å². The van der Waals surface area contributed by atoms with Gasteiger partial charge in [-0.05, 0) is 18.6 Å². The van der Waals surface area contributed by atoms with Crippen LogP contribution in [0.3, 0.4) is 0 Å². The Bertz CT molecular complexity index is 623. The second-order valence-electron chi connectivity index (χ2n) is 4.66. The Labute approximate surface area is 124 Å². The number of rotatable bonds is 6. The number of nitrogens with one attached hydrogen (secondary N) is 1. The van der Waals surface area contributed by atoms with Crippen molar-refractivity contribution in [1.82, 2.24) is 0 Å². The topological polar surface area (TPSA) is 58.6 Å². The van der Waals surface area contributed by atoms with Gasteiger partial charge in [-0.3, -0.25) is 4.79 Å². The minimum Gasteiger partial charge on any atom is -0.505 e. The van der Waals surface area contributed by atoms with Crippen LogP contribution in [0.1, 0.15) is 29.3 Å². The molecule has 2 rings (SSSR count). The van der Waals surface area contributed by atoms with E-state index >= 15 is 0 Å². The molecule has 0 radical (unpaired) electrons. The molecular formula is C17H19NO3. The first-order valence-corrected chi connectivity index (χ1v) is 6.92. The summed E-state index contributed by atoms with van der Waals surface area (Å²) in [7, 11) is 1.53. The summed E-state index contributed by atoms with van der Waals surface area (Å²) in [5.74, 6) is 0.234. The number of anilines is 1. The molecule has 4 heteroatoms. The summed E-state index contributed by atoms with van der Waals surface area (Å²) in [5, 5.41) is 13.5. The van der Waals surface area contributed by atoms with E-state index < -0.39 is 0 Å². The Morgan fingerprint density at radius 2 is 1.90 bits per heavy atom. The number of phenolic OH excluding ortho intramolecular Hbond substituents is 1. The van der Waals surface area contributed by atoms with Crippen LogP contribution in [0, 0.1) is 0 Å². The molecule has 0 heterocycles. The second-order valence-corrected chi connectivity index (χ2v) is 4.66. The van der Waals surface area contributed by atoms with Gasteiger partial charge in [0, 0.05) is 12.1 Å². The molecule has 0 aliphatic rings. The molecule has 0 aliphatic heterocycles. The number of benzene rings is 2.